The number of fused-ring (bicyclic) bond motifs is 4. The minimum atomic E-state index is -1.17. The second kappa shape index (κ2) is 6.27. The van der Waals surface area contributed by atoms with Crippen molar-refractivity contribution in [3.05, 3.63) is 77.7 Å². The zero-order valence-corrected chi connectivity index (χ0v) is 16.1. The lowest BCUT2D eigenvalue weighted by Crippen LogP contribution is -2.13. The van der Waals surface area contributed by atoms with Crippen LogP contribution in [0.5, 0.6) is 0 Å². The minimum Gasteiger partial charge on any atom is -0.458 e. The Morgan fingerprint density at radius 1 is 1.24 bits per heavy atom. The highest BCUT2D eigenvalue weighted by Crippen LogP contribution is 2.43. The van der Waals surface area contributed by atoms with Crippen molar-refractivity contribution >= 4 is 11.0 Å². The minimum absolute atomic E-state index is 0.120. The fourth-order valence-electron chi connectivity index (χ4n) is 4.15. The first kappa shape index (κ1) is 18.1. The van der Waals surface area contributed by atoms with Gasteiger partial charge in [-0.3, -0.25) is 0 Å². The van der Waals surface area contributed by atoms with E-state index in [0.717, 1.165) is 16.8 Å². The first-order valence-electron chi connectivity index (χ1n) is 9.58. The normalized spacial score (nSPS) is 16.8. The molecule has 1 unspecified atom stereocenters. The number of nitrogens with zero attached hydrogens (tertiary/aromatic N) is 2. The van der Waals surface area contributed by atoms with Crippen LogP contribution in [0.15, 0.2) is 59.4 Å². The van der Waals surface area contributed by atoms with Crippen LogP contribution in [0.2, 0.25) is 0 Å². The maximum absolute atomic E-state index is 14.8. The van der Waals surface area contributed by atoms with E-state index >= 15 is 0 Å². The monoisotopic (exact) mass is 392 g/mol. The van der Waals surface area contributed by atoms with Crippen LogP contribution in [-0.2, 0) is 5.60 Å². The largest absolute Gasteiger partial charge is 0.458 e. The summed E-state index contributed by atoms with van der Waals surface area (Å²) < 4.78 is 22.4. The molecule has 2 atom stereocenters. The molecule has 0 saturated heterocycles. The molecule has 6 heteroatoms. The van der Waals surface area contributed by atoms with Gasteiger partial charge in [-0.25, -0.2) is 9.37 Å². The van der Waals surface area contributed by atoms with Gasteiger partial charge in [0.2, 0.25) is 0 Å². The fourth-order valence-corrected chi connectivity index (χ4v) is 4.15. The number of aliphatic hydroxyl groups is 2. The zero-order valence-electron chi connectivity index (χ0n) is 16.1. The third-order valence-corrected chi connectivity index (χ3v) is 5.64. The van der Waals surface area contributed by atoms with Crippen molar-refractivity contribution in [1.82, 2.24) is 9.55 Å². The van der Waals surface area contributed by atoms with E-state index in [1.807, 2.05) is 35.0 Å². The van der Waals surface area contributed by atoms with Crippen molar-refractivity contribution in [3.63, 3.8) is 0 Å². The molecule has 2 aromatic heterocycles. The summed E-state index contributed by atoms with van der Waals surface area (Å²) in [6.07, 6.45) is 2.87. The molecule has 0 bridgehead atoms. The van der Waals surface area contributed by atoms with E-state index in [9.17, 15) is 14.6 Å². The summed E-state index contributed by atoms with van der Waals surface area (Å²) in [6.45, 7) is 3.22. The zero-order chi connectivity index (χ0) is 20.3. The number of aromatic nitrogens is 2. The Balaban J connectivity index is 1.51. The molecule has 2 aromatic carbocycles. The Kier molecular flexibility index (Phi) is 3.91. The molecular formula is C23H21FN2O3. The predicted molar refractivity (Wildman–Crippen MR) is 107 cm³/mol. The summed E-state index contributed by atoms with van der Waals surface area (Å²) in [4.78, 5) is 4.23. The van der Waals surface area contributed by atoms with Crippen molar-refractivity contribution in [2.45, 2.75) is 38.0 Å². The van der Waals surface area contributed by atoms with Crippen LogP contribution in [-0.4, -0.2) is 19.8 Å². The van der Waals surface area contributed by atoms with Gasteiger partial charge in [0.25, 0.3) is 0 Å². The Morgan fingerprint density at radius 3 is 2.83 bits per heavy atom. The molecule has 29 heavy (non-hydrogen) atoms. The van der Waals surface area contributed by atoms with Crippen LogP contribution in [0.3, 0.4) is 0 Å². The molecule has 0 saturated carbocycles. The van der Waals surface area contributed by atoms with Gasteiger partial charge in [0.05, 0.1) is 30.4 Å². The van der Waals surface area contributed by atoms with Gasteiger partial charge in [-0.05, 0) is 31.5 Å². The number of rotatable bonds is 4. The third-order valence-electron chi connectivity index (χ3n) is 5.64. The van der Waals surface area contributed by atoms with E-state index in [2.05, 4.69) is 4.98 Å². The third kappa shape index (κ3) is 2.87. The quantitative estimate of drug-likeness (QED) is 0.529. The van der Waals surface area contributed by atoms with Gasteiger partial charge in [-0.2, -0.15) is 0 Å². The lowest BCUT2D eigenvalue weighted by atomic mass is 9.95. The summed E-state index contributed by atoms with van der Waals surface area (Å²) in [5, 5.41) is 21.7. The van der Waals surface area contributed by atoms with Crippen molar-refractivity contribution in [2.75, 3.05) is 0 Å². The molecule has 148 valence electrons. The number of hydrogen-bond acceptors (Lipinski definition) is 4. The van der Waals surface area contributed by atoms with E-state index < -0.39 is 17.5 Å². The molecule has 0 aliphatic carbocycles. The van der Waals surface area contributed by atoms with Crippen molar-refractivity contribution in [1.29, 1.82) is 0 Å². The molecule has 0 fully saturated rings. The SMILES string of the molecule is CC(C)(O)c1cc2cc(C(O)C[C@H]3c4ccccc4-c4cncn43)c(F)cc2o1. The smallest absolute Gasteiger partial charge is 0.137 e. The number of aliphatic hydroxyl groups excluding tert-OH is 1. The highest BCUT2D eigenvalue weighted by molar-refractivity contribution is 5.79. The maximum atomic E-state index is 14.8. The second-order valence-electron chi connectivity index (χ2n) is 8.12. The fraction of sp³-hybridized carbons (Fsp3) is 0.261. The van der Waals surface area contributed by atoms with Gasteiger partial charge in [0.15, 0.2) is 0 Å². The molecule has 1 aliphatic rings. The van der Waals surface area contributed by atoms with Crippen molar-refractivity contribution < 1.29 is 19.0 Å². The van der Waals surface area contributed by atoms with E-state index in [0.29, 0.717) is 23.2 Å². The number of halogens is 1. The molecule has 5 nitrogen and oxygen atoms in total. The lowest BCUT2D eigenvalue weighted by Gasteiger charge is -2.19. The van der Waals surface area contributed by atoms with E-state index in [-0.39, 0.29) is 11.6 Å². The second-order valence-corrected chi connectivity index (χ2v) is 8.12. The highest BCUT2D eigenvalue weighted by Gasteiger charge is 2.31. The first-order valence-corrected chi connectivity index (χ1v) is 9.58. The molecule has 3 heterocycles. The number of benzene rings is 2. The molecule has 5 rings (SSSR count). The molecular weight excluding hydrogens is 371 g/mol. The molecule has 4 aromatic rings. The standard InChI is InChI=1S/C23H21FN2O3/c1-23(2,28)22-8-13-7-16(17(24)9-21(13)29-22)20(27)10-18-14-5-3-4-6-15(14)19-11-25-12-26(18)19/h3-9,11-12,18,20,27-28H,10H2,1-2H3/t18-,20?/m0/s1. The number of hydrogen-bond donors (Lipinski definition) is 2. The maximum Gasteiger partial charge on any atom is 0.137 e. The van der Waals surface area contributed by atoms with Crippen LogP contribution in [0, 0.1) is 5.82 Å². The average molecular weight is 392 g/mol. The van der Waals surface area contributed by atoms with E-state index in [1.54, 1.807) is 32.3 Å². The molecule has 0 radical (unpaired) electrons. The highest BCUT2D eigenvalue weighted by atomic mass is 19.1. The Hall–Kier alpha value is -2.96. The summed E-state index contributed by atoms with van der Waals surface area (Å²) in [6, 6.07) is 12.4. The van der Waals surface area contributed by atoms with Crippen molar-refractivity contribution in [2.24, 2.45) is 0 Å². The van der Waals surface area contributed by atoms with Gasteiger partial charge in [0, 0.05) is 29.0 Å². The number of imidazole rings is 1. The summed E-state index contributed by atoms with van der Waals surface area (Å²) in [5.74, 6) is -0.176. The van der Waals surface area contributed by atoms with Gasteiger partial charge in [-0.15, -0.1) is 0 Å². The van der Waals surface area contributed by atoms with Crippen LogP contribution >= 0.6 is 0 Å². The Morgan fingerprint density at radius 2 is 2.03 bits per heavy atom. The summed E-state index contributed by atoms with van der Waals surface area (Å²) >= 11 is 0. The van der Waals surface area contributed by atoms with E-state index in [1.165, 1.54) is 6.07 Å². The average Bonchev–Trinajstić information content (AvgIpc) is 3.36. The first-order chi connectivity index (χ1) is 13.8. The summed E-state index contributed by atoms with van der Waals surface area (Å²) in [7, 11) is 0. The van der Waals surface area contributed by atoms with Gasteiger partial charge < -0.3 is 19.2 Å². The Labute approximate surface area is 167 Å². The van der Waals surface area contributed by atoms with Crippen LogP contribution in [0.4, 0.5) is 4.39 Å². The number of furan rings is 1. The predicted octanol–water partition coefficient (Wildman–Crippen LogP) is 4.69. The van der Waals surface area contributed by atoms with Gasteiger partial charge in [-0.1, -0.05) is 24.3 Å². The van der Waals surface area contributed by atoms with Gasteiger partial charge in [0.1, 0.15) is 22.8 Å². The lowest BCUT2D eigenvalue weighted by molar-refractivity contribution is 0.0559. The topological polar surface area (TPSA) is 71.4 Å². The molecule has 0 spiro atoms. The molecule has 1 aliphatic heterocycles. The van der Waals surface area contributed by atoms with Crippen LogP contribution in [0.1, 0.15) is 49.3 Å². The van der Waals surface area contributed by atoms with Gasteiger partial charge >= 0.3 is 0 Å². The van der Waals surface area contributed by atoms with Crippen molar-refractivity contribution in [3.8, 4) is 11.3 Å². The molecule has 0 amide bonds. The molecule has 2 N–H and O–H groups in total. The van der Waals surface area contributed by atoms with Crippen LogP contribution < -0.4 is 0 Å². The van der Waals surface area contributed by atoms with Crippen LogP contribution in [0.25, 0.3) is 22.2 Å². The summed E-state index contributed by atoms with van der Waals surface area (Å²) in [5.41, 5.74) is 2.57. The Bertz CT molecular complexity index is 1220. The van der Waals surface area contributed by atoms with E-state index in [4.69, 9.17) is 4.42 Å².